The van der Waals surface area contributed by atoms with Crippen molar-refractivity contribution in [2.45, 2.75) is 47.0 Å². The molecular weight excluding hydrogens is 629 g/mol. The minimum absolute atomic E-state index is 0.0146. The molecule has 51 heavy (non-hydrogen) atoms. The summed E-state index contributed by atoms with van der Waals surface area (Å²) in [7, 11) is 0. The predicted octanol–water partition coefficient (Wildman–Crippen LogP) is 11.9. The molecule has 0 aliphatic carbocycles. The Bertz CT molecular complexity index is 2790. The van der Waals surface area contributed by atoms with Crippen LogP contribution in [0, 0.1) is 20.8 Å². The summed E-state index contributed by atoms with van der Waals surface area (Å²) in [4.78, 5) is 9.75. The highest BCUT2D eigenvalue weighted by Crippen LogP contribution is 2.42. The lowest BCUT2D eigenvalue weighted by Gasteiger charge is -2.20. The van der Waals surface area contributed by atoms with Gasteiger partial charge in [-0.05, 0) is 91.4 Å². The van der Waals surface area contributed by atoms with E-state index in [9.17, 15) is 0 Å². The van der Waals surface area contributed by atoms with E-state index in [1.165, 1.54) is 22.3 Å². The molecule has 0 amide bonds. The molecule has 0 radical (unpaired) electrons. The maximum Gasteiger partial charge on any atom is 0.177 e. The van der Waals surface area contributed by atoms with Crippen molar-refractivity contribution in [1.82, 2.24) is 19.1 Å². The highest BCUT2D eigenvalue weighted by atomic mass is 16.5. The van der Waals surface area contributed by atoms with E-state index >= 15 is 0 Å². The number of nitrogens with zero attached hydrogens (tertiary/aromatic N) is 4. The van der Waals surface area contributed by atoms with Crippen LogP contribution in [0.15, 0.2) is 126 Å². The largest absolute Gasteiger partial charge is 0.453 e. The number of aryl methyl sites for hydroxylation is 3. The Morgan fingerprint density at radius 3 is 2.22 bits per heavy atom. The minimum atomic E-state index is -0.0146. The van der Waals surface area contributed by atoms with Crippen molar-refractivity contribution < 1.29 is 9.15 Å². The van der Waals surface area contributed by atoms with Gasteiger partial charge in [-0.15, -0.1) is 0 Å². The zero-order valence-corrected chi connectivity index (χ0v) is 29.7. The summed E-state index contributed by atoms with van der Waals surface area (Å²) in [5.41, 5.74) is 10.5. The van der Waals surface area contributed by atoms with Gasteiger partial charge in [-0.2, -0.15) is 0 Å². The molecule has 9 aromatic rings. The molecule has 0 aliphatic rings. The fourth-order valence-electron chi connectivity index (χ4n) is 7.65. The standard InChI is InChI=1S/C45H38N4O2/c1-27-21-28(2)42(29(3)22-27)48-20-19-47-44(48)30-23-36-35-12-8-10-14-39(35)51-43(36)40(24-30)50-32-15-16-34-33-11-7-9-13-37(33)49(38(34)26-32)41-25-31(17-18-46-41)45(4,5)6/h7-26H,1-6H3. The zero-order chi connectivity index (χ0) is 35.0. The van der Waals surface area contributed by atoms with Gasteiger partial charge >= 0.3 is 0 Å². The second-order valence-electron chi connectivity index (χ2n) is 14.6. The Morgan fingerprint density at radius 1 is 0.667 bits per heavy atom. The Balaban J connectivity index is 1.23. The molecule has 4 aromatic heterocycles. The number of pyridine rings is 1. The van der Waals surface area contributed by atoms with Gasteiger partial charge in [0.2, 0.25) is 0 Å². The van der Waals surface area contributed by atoms with Crippen molar-refractivity contribution in [2.75, 3.05) is 0 Å². The lowest BCUT2D eigenvalue weighted by molar-refractivity contribution is 0.477. The lowest BCUT2D eigenvalue weighted by atomic mass is 9.88. The number of rotatable bonds is 5. The van der Waals surface area contributed by atoms with Crippen molar-refractivity contribution in [3.63, 3.8) is 0 Å². The van der Waals surface area contributed by atoms with E-state index in [0.717, 1.165) is 61.1 Å². The summed E-state index contributed by atoms with van der Waals surface area (Å²) < 4.78 is 17.8. The third kappa shape index (κ3) is 5.09. The highest BCUT2D eigenvalue weighted by Gasteiger charge is 2.21. The minimum Gasteiger partial charge on any atom is -0.453 e. The van der Waals surface area contributed by atoms with Gasteiger partial charge in [0.05, 0.1) is 16.7 Å². The van der Waals surface area contributed by atoms with Crippen LogP contribution in [0.3, 0.4) is 0 Å². The first-order valence-corrected chi connectivity index (χ1v) is 17.4. The van der Waals surface area contributed by atoms with E-state index < -0.39 is 0 Å². The van der Waals surface area contributed by atoms with Gasteiger partial charge in [-0.1, -0.05) is 74.9 Å². The molecule has 6 nitrogen and oxygen atoms in total. The van der Waals surface area contributed by atoms with E-state index in [0.29, 0.717) is 17.1 Å². The molecule has 5 aromatic carbocycles. The van der Waals surface area contributed by atoms with Crippen molar-refractivity contribution in [2.24, 2.45) is 0 Å². The van der Waals surface area contributed by atoms with Crippen LogP contribution in [-0.4, -0.2) is 19.1 Å². The van der Waals surface area contributed by atoms with Gasteiger partial charge in [-0.25, -0.2) is 9.97 Å². The molecule has 250 valence electrons. The molecule has 0 bridgehead atoms. The number of para-hydroxylation sites is 2. The van der Waals surface area contributed by atoms with Crippen molar-refractivity contribution in [3.05, 3.63) is 144 Å². The first kappa shape index (κ1) is 30.9. The van der Waals surface area contributed by atoms with Crippen molar-refractivity contribution in [3.8, 4) is 34.4 Å². The Kier molecular flexibility index (Phi) is 6.94. The summed E-state index contributed by atoms with van der Waals surface area (Å²) >= 11 is 0. The molecule has 0 unspecified atom stereocenters. The molecule has 9 rings (SSSR count). The third-order valence-electron chi connectivity index (χ3n) is 9.93. The number of hydrogen-bond donors (Lipinski definition) is 0. The molecule has 0 fully saturated rings. The van der Waals surface area contributed by atoms with E-state index in [2.05, 4.69) is 130 Å². The molecular formula is C45H38N4O2. The van der Waals surface area contributed by atoms with Gasteiger partial charge in [0.25, 0.3) is 0 Å². The quantitative estimate of drug-likeness (QED) is 0.183. The Labute approximate surface area is 296 Å². The van der Waals surface area contributed by atoms with Crippen LogP contribution in [0.1, 0.15) is 43.0 Å². The van der Waals surface area contributed by atoms with Crippen molar-refractivity contribution in [1.29, 1.82) is 0 Å². The first-order chi connectivity index (χ1) is 24.6. The summed E-state index contributed by atoms with van der Waals surface area (Å²) in [5, 5.41) is 4.30. The molecule has 0 aliphatic heterocycles. The molecule has 0 atom stereocenters. The number of fused-ring (bicyclic) bond motifs is 6. The molecule has 0 saturated heterocycles. The predicted molar refractivity (Wildman–Crippen MR) is 208 cm³/mol. The van der Waals surface area contributed by atoms with Crippen molar-refractivity contribution >= 4 is 43.7 Å². The number of hydrogen-bond acceptors (Lipinski definition) is 4. The zero-order valence-electron chi connectivity index (χ0n) is 29.7. The van der Waals surface area contributed by atoms with Gasteiger partial charge in [0, 0.05) is 51.8 Å². The molecule has 4 heterocycles. The van der Waals surface area contributed by atoms with E-state index in [1.54, 1.807) is 0 Å². The van der Waals surface area contributed by atoms with E-state index in [-0.39, 0.29) is 5.41 Å². The van der Waals surface area contributed by atoms with Crippen LogP contribution in [-0.2, 0) is 5.41 Å². The smallest absolute Gasteiger partial charge is 0.177 e. The van der Waals surface area contributed by atoms with Gasteiger partial charge in [-0.3, -0.25) is 9.13 Å². The number of ether oxygens (including phenoxy) is 1. The summed E-state index contributed by atoms with van der Waals surface area (Å²) in [6.45, 7) is 13.1. The van der Waals surface area contributed by atoms with Crippen LogP contribution >= 0.6 is 0 Å². The SMILES string of the molecule is Cc1cc(C)c(-n2ccnc2-c2cc(Oc3ccc4c5ccccc5n(-c5cc(C(C)(C)C)ccn5)c4c3)c3oc4ccccc4c3c2)c(C)c1. The summed E-state index contributed by atoms with van der Waals surface area (Å²) in [6.07, 6.45) is 5.81. The third-order valence-corrected chi connectivity index (χ3v) is 9.93. The van der Waals surface area contributed by atoms with E-state index in [4.69, 9.17) is 19.1 Å². The fourth-order valence-corrected chi connectivity index (χ4v) is 7.65. The Morgan fingerprint density at radius 2 is 1.41 bits per heavy atom. The second kappa shape index (κ2) is 11.5. The van der Waals surface area contributed by atoms with Crippen LogP contribution in [0.2, 0.25) is 0 Å². The average Bonchev–Trinajstić information content (AvgIpc) is 3.82. The summed E-state index contributed by atoms with van der Waals surface area (Å²) in [5.74, 6) is 3.04. The van der Waals surface area contributed by atoms with E-state index in [1.807, 2.05) is 42.9 Å². The number of benzene rings is 5. The maximum absolute atomic E-state index is 6.88. The van der Waals surface area contributed by atoms with Crippen LogP contribution < -0.4 is 4.74 Å². The number of aromatic nitrogens is 4. The van der Waals surface area contributed by atoms with Crippen LogP contribution in [0.4, 0.5) is 0 Å². The molecule has 6 heteroatoms. The topological polar surface area (TPSA) is 58.0 Å². The lowest BCUT2D eigenvalue weighted by Crippen LogP contribution is -2.12. The average molecular weight is 667 g/mol. The molecule has 0 N–H and O–H groups in total. The fraction of sp³-hybridized carbons (Fsp3) is 0.156. The monoisotopic (exact) mass is 666 g/mol. The van der Waals surface area contributed by atoms with Crippen LogP contribution in [0.25, 0.3) is 66.6 Å². The summed E-state index contributed by atoms with van der Waals surface area (Å²) in [6, 6.07) is 35.9. The van der Waals surface area contributed by atoms with Gasteiger partial charge < -0.3 is 9.15 Å². The first-order valence-electron chi connectivity index (χ1n) is 17.4. The second-order valence-corrected chi connectivity index (χ2v) is 14.6. The molecule has 0 spiro atoms. The Hall–Kier alpha value is -6.14. The van der Waals surface area contributed by atoms with Gasteiger partial charge in [0.1, 0.15) is 23.0 Å². The normalized spacial score (nSPS) is 12.1. The molecule has 0 saturated carbocycles. The van der Waals surface area contributed by atoms with Crippen LogP contribution in [0.5, 0.6) is 11.5 Å². The van der Waals surface area contributed by atoms with Gasteiger partial charge in [0.15, 0.2) is 11.3 Å². The number of furan rings is 1. The maximum atomic E-state index is 6.88. The number of imidazole rings is 1. The highest BCUT2D eigenvalue weighted by molar-refractivity contribution is 6.10.